The second-order valence-electron chi connectivity index (χ2n) is 3.18. The normalized spacial score (nSPS) is 19.7. The lowest BCUT2D eigenvalue weighted by atomic mass is 9.95. The number of aromatic nitrogens is 1. The Hall–Kier alpha value is -1.03. The number of anilines is 1. The van der Waals surface area contributed by atoms with E-state index in [1.54, 1.807) is 0 Å². The van der Waals surface area contributed by atoms with Crippen molar-refractivity contribution in [3.8, 4) is 0 Å². The van der Waals surface area contributed by atoms with Gasteiger partial charge < -0.3 is 15.6 Å². The van der Waals surface area contributed by atoms with Gasteiger partial charge in [-0.25, -0.2) is 0 Å². The molecule has 2 rings (SSSR count). The Kier molecular flexibility index (Phi) is 1.99. The van der Waals surface area contributed by atoms with Crippen LogP contribution in [0.15, 0.2) is 10.6 Å². The molecule has 0 bridgehead atoms. The highest BCUT2D eigenvalue weighted by molar-refractivity contribution is 5.26. The Morgan fingerprint density at radius 3 is 2.83 bits per heavy atom. The van der Waals surface area contributed by atoms with Crippen LogP contribution >= 0.6 is 0 Å². The molecule has 1 aromatic heterocycles. The first kappa shape index (κ1) is 7.61. The molecule has 4 heteroatoms. The summed E-state index contributed by atoms with van der Waals surface area (Å²) in [5, 5.41) is 7.21. The minimum Gasteiger partial charge on any atom is -0.368 e. The number of nitrogens with two attached hydrogens (primary N) is 1. The molecule has 3 N–H and O–H groups in total. The molecular weight excluding hydrogens is 154 g/mol. The summed E-state index contributed by atoms with van der Waals surface area (Å²) in [6, 6.07) is 1.83. The molecule has 0 radical (unpaired) electrons. The minimum absolute atomic E-state index is 0.420. The Balaban J connectivity index is 2.08. The summed E-state index contributed by atoms with van der Waals surface area (Å²) in [4.78, 5) is 0. The fraction of sp³-hybridized carbons (Fsp3) is 0.625. The molecule has 2 heterocycles. The second-order valence-corrected chi connectivity index (χ2v) is 3.18. The molecule has 0 aromatic carbocycles. The first-order valence-corrected chi connectivity index (χ1v) is 4.29. The van der Waals surface area contributed by atoms with Crippen LogP contribution in [0.25, 0.3) is 0 Å². The van der Waals surface area contributed by atoms with E-state index in [1.165, 1.54) is 0 Å². The van der Waals surface area contributed by atoms with Gasteiger partial charge in [0.25, 0.3) is 0 Å². The maximum Gasteiger partial charge on any atom is 0.222 e. The number of piperidine rings is 1. The van der Waals surface area contributed by atoms with Crippen molar-refractivity contribution in [2.75, 3.05) is 18.8 Å². The SMILES string of the molecule is Nc1cc(C2CCNCC2)no1. The van der Waals surface area contributed by atoms with Crippen molar-refractivity contribution in [1.29, 1.82) is 0 Å². The van der Waals surface area contributed by atoms with Crippen molar-refractivity contribution >= 4 is 5.88 Å². The van der Waals surface area contributed by atoms with E-state index in [4.69, 9.17) is 10.3 Å². The third-order valence-corrected chi connectivity index (χ3v) is 2.30. The lowest BCUT2D eigenvalue weighted by Crippen LogP contribution is -2.26. The van der Waals surface area contributed by atoms with Crippen molar-refractivity contribution in [3.05, 3.63) is 11.8 Å². The number of nitrogens with zero attached hydrogens (tertiary/aromatic N) is 1. The Labute approximate surface area is 71.1 Å². The molecule has 1 aliphatic rings. The average molecular weight is 167 g/mol. The van der Waals surface area contributed by atoms with Crippen molar-refractivity contribution in [3.63, 3.8) is 0 Å². The van der Waals surface area contributed by atoms with Gasteiger partial charge in [0, 0.05) is 12.0 Å². The van der Waals surface area contributed by atoms with Crippen molar-refractivity contribution < 1.29 is 4.52 Å². The van der Waals surface area contributed by atoms with E-state index in [0.717, 1.165) is 31.6 Å². The molecule has 1 saturated heterocycles. The van der Waals surface area contributed by atoms with Crippen LogP contribution in [0.4, 0.5) is 5.88 Å². The number of hydrogen-bond donors (Lipinski definition) is 2. The topological polar surface area (TPSA) is 64.1 Å². The maximum absolute atomic E-state index is 5.44. The van der Waals surface area contributed by atoms with E-state index >= 15 is 0 Å². The second kappa shape index (κ2) is 3.15. The Bertz CT molecular complexity index is 253. The zero-order valence-corrected chi connectivity index (χ0v) is 6.92. The lowest BCUT2D eigenvalue weighted by Gasteiger charge is -2.19. The largest absolute Gasteiger partial charge is 0.368 e. The smallest absolute Gasteiger partial charge is 0.222 e. The number of rotatable bonds is 1. The van der Waals surface area contributed by atoms with Gasteiger partial charge in [0.05, 0.1) is 5.69 Å². The molecule has 0 aliphatic carbocycles. The van der Waals surface area contributed by atoms with Gasteiger partial charge in [0.2, 0.25) is 5.88 Å². The van der Waals surface area contributed by atoms with Gasteiger partial charge in [-0.1, -0.05) is 5.16 Å². The fourth-order valence-corrected chi connectivity index (χ4v) is 1.61. The van der Waals surface area contributed by atoms with Crippen LogP contribution < -0.4 is 11.1 Å². The van der Waals surface area contributed by atoms with Crippen molar-refractivity contribution in [2.45, 2.75) is 18.8 Å². The first-order valence-electron chi connectivity index (χ1n) is 4.29. The molecular formula is C8H13N3O. The third kappa shape index (κ3) is 1.43. The molecule has 0 unspecified atom stereocenters. The Morgan fingerprint density at radius 2 is 2.25 bits per heavy atom. The van der Waals surface area contributed by atoms with Crippen LogP contribution in [-0.4, -0.2) is 18.2 Å². The van der Waals surface area contributed by atoms with Gasteiger partial charge in [-0.3, -0.25) is 0 Å². The van der Waals surface area contributed by atoms with Crippen LogP contribution in [0, 0.1) is 0 Å². The molecule has 1 aliphatic heterocycles. The molecule has 0 amide bonds. The number of nitrogens with one attached hydrogen (secondary N) is 1. The summed E-state index contributed by atoms with van der Waals surface area (Å²) in [5.41, 5.74) is 6.45. The monoisotopic (exact) mass is 167 g/mol. The van der Waals surface area contributed by atoms with Crippen molar-refractivity contribution in [2.24, 2.45) is 0 Å². The van der Waals surface area contributed by atoms with Gasteiger partial charge >= 0.3 is 0 Å². The lowest BCUT2D eigenvalue weighted by molar-refractivity contribution is 0.394. The van der Waals surface area contributed by atoms with E-state index in [2.05, 4.69) is 10.5 Å². The summed E-state index contributed by atoms with van der Waals surface area (Å²) in [7, 11) is 0. The molecule has 1 fully saturated rings. The highest BCUT2D eigenvalue weighted by Crippen LogP contribution is 2.24. The van der Waals surface area contributed by atoms with Crippen LogP contribution in [-0.2, 0) is 0 Å². The maximum atomic E-state index is 5.44. The van der Waals surface area contributed by atoms with E-state index in [1.807, 2.05) is 6.07 Å². The van der Waals surface area contributed by atoms with Gasteiger partial charge in [-0.05, 0) is 25.9 Å². The van der Waals surface area contributed by atoms with E-state index in [9.17, 15) is 0 Å². The van der Waals surface area contributed by atoms with Crippen LogP contribution in [0.1, 0.15) is 24.5 Å². The highest BCUT2D eigenvalue weighted by Gasteiger charge is 2.18. The molecule has 66 valence electrons. The van der Waals surface area contributed by atoms with Gasteiger partial charge in [0.1, 0.15) is 0 Å². The predicted molar refractivity (Wildman–Crippen MR) is 45.8 cm³/mol. The van der Waals surface area contributed by atoms with E-state index in [-0.39, 0.29) is 0 Å². The zero-order valence-electron chi connectivity index (χ0n) is 6.92. The summed E-state index contributed by atoms with van der Waals surface area (Å²) in [5.74, 6) is 0.954. The minimum atomic E-state index is 0.420. The van der Waals surface area contributed by atoms with E-state index in [0.29, 0.717) is 11.8 Å². The summed E-state index contributed by atoms with van der Waals surface area (Å²) >= 11 is 0. The standard InChI is InChI=1S/C8H13N3O/c9-8-5-7(11-12-8)6-1-3-10-4-2-6/h5-6,10H,1-4,9H2. The molecule has 1 aromatic rings. The number of nitrogen functional groups attached to an aromatic ring is 1. The first-order chi connectivity index (χ1) is 5.86. The van der Waals surface area contributed by atoms with Crippen molar-refractivity contribution in [1.82, 2.24) is 10.5 Å². The van der Waals surface area contributed by atoms with E-state index < -0.39 is 0 Å². The average Bonchev–Trinajstić information content (AvgIpc) is 2.54. The molecule has 0 atom stereocenters. The highest BCUT2D eigenvalue weighted by atomic mass is 16.5. The summed E-state index contributed by atoms with van der Waals surface area (Å²) < 4.78 is 4.83. The summed E-state index contributed by atoms with van der Waals surface area (Å²) in [6.07, 6.45) is 2.26. The van der Waals surface area contributed by atoms with Crippen LogP contribution in [0.3, 0.4) is 0 Å². The summed E-state index contributed by atoms with van der Waals surface area (Å²) in [6.45, 7) is 2.13. The molecule has 4 nitrogen and oxygen atoms in total. The predicted octanol–water partition coefficient (Wildman–Crippen LogP) is 0.724. The van der Waals surface area contributed by atoms with Gasteiger partial charge in [-0.15, -0.1) is 0 Å². The molecule has 0 saturated carbocycles. The van der Waals surface area contributed by atoms with Gasteiger partial charge in [0.15, 0.2) is 0 Å². The van der Waals surface area contributed by atoms with Crippen LogP contribution in [0.5, 0.6) is 0 Å². The third-order valence-electron chi connectivity index (χ3n) is 2.30. The molecule has 0 spiro atoms. The van der Waals surface area contributed by atoms with Crippen LogP contribution in [0.2, 0.25) is 0 Å². The Morgan fingerprint density at radius 1 is 1.50 bits per heavy atom. The van der Waals surface area contributed by atoms with Gasteiger partial charge in [-0.2, -0.15) is 0 Å². The molecule has 12 heavy (non-hydrogen) atoms. The fourth-order valence-electron chi connectivity index (χ4n) is 1.61. The zero-order chi connectivity index (χ0) is 8.39. The quantitative estimate of drug-likeness (QED) is 0.647. The number of hydrogen-bond acceptors (Lipinski definition) is 4.